The number of carbonyl (C=O) groups excluding carboxylic acids is 1. The first-order valence-corrected chi connectivity index (χ1v) is 8.72. The Hall–Kier alpha value is -1.80. The van der Waals surface area contributed by atoms with Gasteiger partial charge in [-0.2, -0.15) is 13.2 Å². The lowest BCUT2D eigenvalue weighted by molar-refractivity contribution is -0.138. The second-order valence-electron chi connectivity index (χ2n) is 6.48. The smallest absolute Gasteiger partial charge is 0.417 e. The normalized spacial score (nSPS) is 12.0. The van der Waals surface area contributed by atoms with Gasteiger partial charge in [0.15, 0.2) is 0 Å². The number of hydrogen-bond donors (Lipinski definition) is 0. The molecule has 0 bridgehead atoms. The fourth-order valence-electron chi connectivity index (χ4n) is 2.06. The number of ether oxygens (including phenoxy) is 2. The molecule has 0 N–H and O–H groups in total. The van der Waals surface area contributed by atoms with Crippen molar-refractivity contribution in [3.05, 3.63) is 56.8 Å². The number of benzene rings is 2. The van der Waals surface area contributed by atoms with Gasteiger partial charge in [-0.15, -0.1) is 0 Å². The zero-order chi connectivity index (χ0) is 20.6. The monoisotopic (exact) mass is 468 g/mol. The fraction of sp³-hybridized carbons (Fsp3) is 0.278. The SMILES string of the molecule is CC(C)(C)OC(=O)c1c(Oc2ccc(F)cc2Cl)ccc(C(F)(F)F)c1Br. The topological polar surface area (TPSA) is 35.5 Å². The second kappa shape index (κ2) is 7.67. The summed E-state index contributed by atoms with van der Waals surface area (Å²) in [6.45, 7) is 4.72. The van der Waals surface area contributed by atoms with Crippen LogP contribution in [-0.2, 0) is 10.9 Å². The summed E-state index contributed by atoms with van der Waals surface area (Å²) in [6, 6.07) is 4.97. The van der Waals surface area contributed by atoms with Crippen molar-refractivity contribution in [2.24, 2.45) is 0 Å². The highest BCUT2D eigenvalue weighted by molar-refractivity contribution is 9.10. The fourth-order valence-corrected chi connectivity index (χ4v) is 2.98. The van der Waals surface area contributed by atoms with Gasteiger partial charge in [0.05, 0.1) is 10.6 Å². The molecule has 27 heavy (non-hydrogen) atoms. The van der Waals surface area contributed by atoms with E-state index >= 15 is 0 Å². The highest BCUT2D eigenvalue weighted by Crippen LogP contribution is 2.42. The lowest BCUT2D eigenvalue weighted by atomic mass is 10.1. The minimum atomic E-state index is -4.71. The Balaban J connectivity index is 2.59. The second-order valence-corrected chi connectivity index (χ2v) is 7.68. The molecule has 0 unspecified atom stereocenters. The zero-order valence-electron chi connectivity index (χ0n) is 14.4. The molecule has 0 atom stereocenters. The van der Waals surface area contributed by atoms with Crippen molar-refractivity contribution in [1.82, 2.24) is 0 Å². The molecule has 0 spiro atoms. The van der Waals surface area contributed by atoms with Gasteiger partial charge in [-0.1, -0.05) is 11.6 Å². The summed E-state index contributed by atoms with van der Waals surface area (Å²) in [5.41, 5.74) is -2.48. The summed E-state index contributed by atoms with van der Waals surface area (Å²) in [4.78, 5) is 12.5. The largest absolute Gasteiger partial charge is 0.456 e. The van der Waals surface area contributed by atoms with Gasteiger partial charge in [0.25, 0.3) is 0 Å². The molecule has 0 saturated heterocycles. The van der Waals surface area contributed by atoms with Crippen LogP contribution in [0.25, 0.3) is 0 Å². The van der Waals surface area contributed by atoms with E-state index in [1.165, 1.54) is 6.07 Å². The third kappa shape index (κ3) is 5.35. The van der Waals surface area contributed by atoms with Gasteiger partial charge in [0.2, 0.25) is 0 Å². The van der Waals surface area contributed by atoms with Crippen LogP contribution in [0.3, 0.4) is 0 Å². The first kappa shape index (κ1) is 21.5. The zero-order valence-corrected chi connectivity index (χ0v) is 16.7. The Morgan fingerprint density at radius 2 is 1.67 bits per heavy atom. The van der Waals surface area contributed by atoms with E-state index in [4.69, 9.17) is 21.1 Å². The van der Waals surface area contributed by atoms with E-state index in [0.29, 0.717) is 0 Å². The van der Waals surface area contributed by atoms with Crippen LogP contribution in [0.4, 0.5) is 17.6 Å². The van der Waals surface area contributed by atoms with Crippen LogP contribution in [-0.4, -0.2) is 11.6 Å². The summed E-state index contributed by atoms with van der Waals surface area (Å²) < 4.78 is 63.0. The number of halogens is 6. The van der Waals surface area contributed by atoms with E-state index in [9.17, 15) is 22.4 Å². The van der Waals surface area contributed by atoms with Gasteiger partial charge in [0, 0.05) is 4.47 Å². The molecule has 146 valence electrons. The molecule has 0 saturated carbocycles. The molecule has 0 aliphatic heterocycles. The van der Waals surface area contributed by atoms with Crippen LogP contribution in [0.15, 0.2) is 34.8 Å². The van der Waals surface area contributed by atoms with E-state index in [1.54, 1.807) is 20.8 Å². The molecular weight excluding hydrogens is 456 g/mol. The van der Waals surface area contributed by atoms with Crippen molar-refractivity contribution in [2.75, 3.05) is 0 Å². The molecule has 0 aromatic heterocycles. The van der Waals surface area contributed by atoms with Gasteiger partial charge in [-0.3, -0.25) is 0 Å². The Kier molecular flexibility index (Phi) is 6.11. The van der Waals surface area contributed by atoms with Crippen LogP contribution in [0, 0.1) is 5.82 Å². The minimum Gasteiger partial charge on any atom is -0.456 e. The average molecular weight is 470 g/mol. The molecule has 0 radical (unpaired) electrons. The molecule has 2 aromatic rings. The molecule has 0 amide bonds. The van der Waals surface area contributed by atoms with E-state index in [2.05, 4.69) is 15.9 Å². The molecule has 0 heterocycles. The van der Waals surface area contributed by atoms with Gasteiger partial charge < -0.3 is 9.47 Å². The number of hydrogen-bond acceptors (Lipinski definition) is 3. The quantitative estimate of drug-likeness (QED) is 0.358. The molecule has 0 fully saturated rings. The summed E-state index contributed by atoms with van der Waals surface area (Å²) >= 11 is 8.71. The van der Waals surface area contributed by atoms with Crippen molar-refractivity contribution in [3.8, 4) is 11.5 Å². The van der Waals surface area contributed by atoms with Crippen LogP contribution in [0.1, 0.15) is 36.7 Å². The molecule has 2 aromatic carbocycles. The van der Waals surface area contributed by atoms with Gasteiger partial charge >= 0.3 is 12.1 Å². The van der Waals surface area contributed by atoms with Crippen LogP contribution >= 0.6 is 27.5 Å². The van der Waals surface area contributed by atoms with Crippen LogP contribution in [0.2, 0.25) is 5.02 Å². The van der Waals surface area contributed by atoms with E-state index in [1.807, 2.05) is 0 Å². The van der Waals surface area contributed by atoms with Crippen molar-refractivity contribution in [1.29, 1.82) is 0 Å². The van der Waals surface area contributed by atoms with Crippen molar-refractivity contribution in [2.45, 2.75) is 32.5 Å². The number of carbonyl (C=O) groups is 1. The predicted molar refractivity (Wildman–Crippen MR) is 95.8 cm³/mol. The molecule has 0 aliphatic rings. The maximum absolute atomic E-state index is 13.2. The standard InChI is InChI=1S/C18H14BrClF4O3/c1-17(2,3)27-16(25)14-13(7-5-10(15(14)19)18(22,23)24)26-12-6-4-9(21)8-11(12)20/h4-8H,1-3H3. The summed E-state index contributed by atoms with van der Waals surface area (Å²) in [5.74, 6) is -1.89. The van der Waals surface area contributed by atoms with Crippen LogP contribution in [0.5, 0.6) is 11.5 Å². The molecular formula is C18H14BrClF4O3. The Morgan fingerprint density at radius 1 is 1.07 bits per heavy atom. The molecule has 0 aliphatic carbocycles. The van der Waals surface area contributed by atoms with E-state index in [0.717, 1.165) is 24.3 Å². The number of alkyl halides is 3. The summed E-state index contributed by atoms with van der Waals surface area (Å²) in [7, 11) is 0. The summed E-state index contributed by atoms with van der Waals surface area (Å²) in [5, 5.41) is -0.110. The van der Waals surface area contributed by atoms with Gasteiger partial charge in [0.1, 0.15) is 28.5 Å². The molecule has 3 nitrogen and oxygen atoms in total. The van der Waals surface area contributed by atoms with Crippen LogP contribution < -0.4 is 4.74 Å². The number of rotatable bonds is 3. The summed E-state index contributed by atoms with van der Waals surface area (Å²) in [6.07, 6.45) is -4.71. The highest BCUT2D eigenvalue weighted by Gasteiger charge is 2.37. The first-order chi connectivity index (χ1) is 12.3. The van der Waals surface area contributed by atoms with Gasteiger partial charge in [-0.25, -0.2) is 9.18 Å². The Morgan fingerprint density at radius 3 is 2.19 bits per heavy atom. The van der Waals surface area contributed by atoms with E-state index < -0.39 is 39.2 Å². The third-order valence-electron chi connectivity index (χ3n) is 3.13. The lowest BCUT2D eigenvalue weighted by Gasteiger charge is -2.22. The average Bonchev–Trinajstić information content (AvgIpc) is 2.47. The minimum absolute atomic E-state index is 0.0328. The van der Waals surface area contributed by atoms with Crippen molar-refractivity contribution < 1.29 is 31.8 Å². The maximum atomic E-state index is 13.2. The van der Waals surface area contributed by atoms with Crippen molar-refractivity contribution >= 4 is 33.5 Å². The maximum Gasteiger partial charge on any atom is 0.417 e. The third-order valence-corrected chi connectivity index (χ3v) is 4.25. The van der Waals surface area contributed by atoms with Crippen molar-refractivity contribution in [3.63, 3.8) is 0 Å². The molecule has 9 heteroatoms. The van der Waals surface area contributed by atoms with Gasteiger partial charge in [-0.05, 0) is 67.0 Å². The predicted octanol–water partition coefficient (Wildman–Crippen LogP) is 7.01. The van der Waals surface area contributed by atoms with E-state index in [-0.39, 0.29) is 16.5 Å². The molecule has 2 rings (SSSR count). The lowest BCUT2D eigenvalue weighted by Crippen LogP contribution is -2.25. The highest BCUT2D eigenvalue weighted by atomic mass is 79.9. The number of esters is 1. The Labute approximate surface area is 166 Å². The Bertz CT molecular complexity index is 876. The first-order valence-electron chi connectivity index (χ1n) is 7.55.